The highest BCUT2D eigenvalue weighted by molar-refractivity contribution is 7.92. The van der Waals surface area contributed by atoms with Gasteiger partial charge in [-0.15, -0.1) is 0 Å². The van der Waals surface area contributed by atoms with E-state index >= 15 is 0 Å². The normalized spacial score (nSPS) is 11.6. The van der Waals surface area contributed by atoms with E-state index in [4.69, 9.17) is 16.3 Å². The second-order valence-corrected chi connectivity index (χ2v) is 28.1. The fourth-order valence-corrected chi connectivity index (χ4v) is 13.5. The number of hydrogen-bond acceptors (Lipinski definition) is 14. The number of hydrogen-bond donors (Lipinski definition) is 4. The van der Waals surface area contributed by atoms with Crippen LogP contribution in [0.25, 0.3) is 22.3 Å². The summed E-state index contributed by atoms with van der Waals surface area (Å²) in [5, 5.41) is 15.7. The number of imidazole rings is 2. The molecule has 6 heterocycles. The first-order valence-electron chi connectivity index (χ1n) is 28.8. The number of pyridine rings is 3. The molecule has 20 nitrogen and oxygen atoms in total. The number of aromatic nitrogens is 7. The van der Waals surface area contributed by atoms with Crippen LogP contribution in [0.15, 0.2) is 243 Å². The van der Waals surface area contributed by atoms with Gasteiger partial charge in [0.25, 0.3) is 17.7 Å². The molecule has 0 aliphatic carbocycles. The van der Waals surface area contributed by atoms with Gasteiger partial charge in [-0.1, -0.05) is 67.9 Å². The Morgan fingerprint density at radius 1 is 0.516 bits per heavy atom. The molecule has 0 saturated carbocycles. The van der Waals surface area contributed by atoms with Crippen molar-refractivity contribution >= 4 is 81.2 Å². The van der Waals surface area contributed by atoms with E-state index in [-0.39, 0.29) is 65.2 Å². The molecule has 93 heavy (non-hydrogen) atoms. The predicted octanol–water partition coefficient (Wildman–Crippen LogP) is 11.4. The maximum atomic E-state index is 13.6. The largest absolute Gasteiger partial charge is 0.493 e. The summed E-state index contributed by atoms with van der Waals surface area (Å²) in [7, 11) is -11.1. The smallest absolute Gasteiger partial charge is 0.253 e. The van der Waals surface area contributed by atoms with Gasteiger partial charge in [0, 0.05) is 68.4 Å². The standard InChI is InChI=1S/C24H24N4O4S.C23H21N3O3S.C21H15ClFN3O3S/c1-16(2)15-32-20-5-9-22(10-6-20)33(30,31)21-7-3-17(4-8-21)12-26-24(29)19-11-18-14-27-28-23(18)25-13-19;1-16-11-17(2)13-21(12-16)30(28,29)20-6-3-18(4-7-20)14-25-23(27)19-5-8-22-24-9-10-26(22)15-19;22-18-7-6-17(11-19(18)23)30(28,29)16-4-1-14(2-5-16)12-25-21(27)15-3-8-20-24-9-10-26(20)13-15/h3-11,13-14,16H,12,15H2,1-2H3,(H,26,29)(H,25,27,28);3-13,15H,14H2,1-2H3,(H,25,27);1-11,13H,12H2,(H,25,27). The van der Waals surface area contributed by atoms with Crippen LogP contribution < -0.4 is 20.7 Å². The molecular formula is C68H60ClFN10O10S3. The van der Waals surface area contributed by atoms with Gasteiger partial charge in [-0.25, -0.2) is 44.6 Å². The molecular weight excluding hydrogens is 1270 g/mol. The Hall–Kier alpha value is -10.4. The number of sulfone groups is 3. The van der Waals surface area contributed by atoms with Crippen LogP contribution in [0.5, 0.6) is 5.75 Å². The summed E-state index contributed by atoms with van der Waals surface area (Å²) in [6.07, 6.45) is 13.3. The predicted molar refractivity (Wildman–Crippen MR) is 348 cm³/mol. The van der Waals surface area contributed by atoms with E-state index in [0.717, 1.165) is 45.0 Å². The van der Waals surface area contributed by atoms with E-state index < -0.39 is 35.3 Å². The number of carbonyl (C=O) groups is 3. The first-order chi connectivity index (χ1) is 44.5. The highest BCUT2D eigenvalue weighted by Crippen LogP contribution is 2.28. The SMILES string of the molecule is CC(C)COc1ccc(S(=O)(=O)c2ccc(CNC(=O)c3cnc4[nH]ncc4c3)cc2)cc1.Cc1cc(C)cc(S(=O)(=O)c2ccc(CNC(=O)c3ccc4nccn4c3)cc2)c1.O=C(NCc1ccc(S(=O)(=O)c2ccc(Cl)c(F)c2)cc1)c1ccc2nccn2c1. The number of aryl methyl sites for hydroxylation is 2. The van der Waals surface area contributed by atoms with Crippen LogP contribution in [-0.4, -0.2) is 83.5 Å². The third-order valence-corrected chi connectivity index (χ3v) is 19.9. The Morgan fingerprint density at radius 3 is 1.41 bits per heavy atom. The van der Waals surface area contributed by atoms with Crippen molar-refractivity contribution in [1.29, 1.82) is 0 Å². The van der Waals surface area contributed by atoms with Gasteiger partial charge in [0.05, 0.1) is 63.9 Å². The number of amides is 3. The Balaban J connectivity index is 0.000000153. The highest BCUT2D eigenvalue weighted by atomic mass is 35.5. The van der Waals surface area contributed by atoms with E-state index in [2.05, 4.69) is 41.1 Å². The molecule has 0 fully saturated rings. The summed E-state index contributed by atoms with van der Waals surface area (Å²) < 4.78 is 99.8. The van der Waals surface area contributed by atoms with Crippen molar-refractivity contribution in [2.24, 2.45) is 5.92 Å². The molecule has 6 aromatic heterocycles. The molecule has 0 aliphatic heterocycles. The maximum absolute atomic E-state index is 13.6. The van der Waals surface area contributed by atoms with Crippen LogP contribution in [0, 0.1) is 25.6 Å². The second-order valence-electron chi connectivity index (χ2n) is 21.8. The monoisotopic (exact) mass is 1330 g/mol. The van der Waals surface area contributed by atoms with Gasteiger partial charge in [-0.05, 0) is 169 Å². The van der Waals surface area contributed by atoms with Crippen molar-refractivity contribution in [3.8, 4) is 5.75 Å². The Bertz CT molecular complexity index is 5050. The van der Waals surface area contributed by atoms with Gasteiger partial charge >= 0.3 is 0 Å². The van der Waals surface area contributed by atoms with Crippen LogP contribution in [0.2, 0.25) is 5.02 Å². The van der Waals surface area contributed by atoms with E-state index in [1.165, 1.54) is 30.5 Å². The number of halogens is 2. The summed E-state index contributed by atoms with van der Waals surface area (Å²) in [6.45, 7) is 9.19. The Kier molecular flexibility index (Phi) is 20.0. The Morgan fingerprint density at radius 2 is 0.946 bits per heavy atom. The van der Waals surface area contributed by atoms with E-state index in [1.54, 1.807) is 180 Å². The summed E-state index contributed by atoms with van der Waals surface area (Å²) >= 11 is 5.62. The number of nitrogens with zero attached hydrogens (tertiary/aromatic N) is 6. The van der Waals surface area contributed by atoms with E-state index in [9.17, 15) is 44.0 Å². The molecule has 474 valence electrons. The minimum Gasteiger partial charge on any atom is -0.493 e. The highest BCUT2D eigenvalue weighted by Gasteiger charge is 2.22. The topological polar surface area (TPSA) is 275 Å². The first-order valence-corrected chi connectivity index (χ1v) is 33.6. The van der Waals surface area contributed by atoms with Crippen molar-refractivity contribution < 1.29 is 48.8 Å². The van der Waals surface area contributed by atoms with Crippen molar-refractivity contribution in [2.45, 2.75) is 76.7 Å². The molecule has 12 rings (SSSR count). The third-order valence-electron chi connectivity index (χ3n) is 14.3. The van der Waals surface area contributed by atoms with Gasteiger partial charge < -0.3 is 29.5 Å². The zero-order valence-electron chi connectivity index (χ0n) is 50.4. The molecule has 0 spiro atoms. The summed E-state index contributed by atoms with van der Waals surface area (Å²) in [6, 6.07) is 42.7. The van der Waals surface area contributed by atoms with Crippen LogP contribution in [0.1, 0.15) is 72.7 Å². The van der Waals surface area contributed by atoms with Gasteiger partial charge in [0.15, 0.2) is 5.65 Å². The number of ether oxygens (including phenoxy) is 1. The molecule has 25 heteroatoms. The Labute approximate surface area is 540 Å². The quantitative estimate of drug-likeness (QED) is 0.0622. The average Bonchev–Trinajstić information content (AvgIpc) is 1.82. The van der Waals surface area contributed by atoms with Crippen molar-refractivity contribution in [2.75, 3.05) is 6.61 Å². The van der Waals surface area contributed by atoms with E-state index in [0.29, 0.717) is 52.7 Å². The molecule has 0 saturated heterocycles. The van der Waals surface area contributed by atoms with Crippen molar-refractivity contribution in [3.63, 3.8) is 0 Å². The molecule has 0 unspecified atom stereocenters. The van der Waals surface area contributed by atoms with Gasteiger partial charge in [-0.2, -0.15) is 5.10 Å². The molecule has 4 N–H and O–H groups in total. The lowest BCUT2D eigenvalue weighted by Gasteiger charge is -2.10. The summed E-state index contributed by atoms with van der Waals surface area (Å²) in [4.78, 5) is 50.4. The van der Waals surface area contributed by atoms with Crippen molar-refractivity contribution in [1.82, 2.24) is 49.9 Å². The van der Waals surface area contributed by atoms with Gasteiger partial charge in [0.1, 0.15) is 22.9 Å². The van der Waals surface area contributed by atoms with Gasteiger partial charge in [0.2, 0.25) is 29.5 Å². The second kappa shape index (κ2) is 28.4. The average molecular weight is 1330 g/mol. The van der Waals surface area contributed by atoms with E-state index in [1.807, 2.05) is 33.8 Å². The molecule has 12 aromatic rings. The van der Waals surface area contributed by atoms with Crippen LogP contribution in [0.4, 0.5) is 4.39 Å². The third kappa shape index (κ3) is 16.0. The van der Waals surface area contributed by atoms with Gasteiger partial charge in [-0.3, -0.25) is 19.5 Å². The summed E-state index contributed by atoms with van der Waals surface area (Å²) in [5.74, 6) is -0.533. The van der Waals surface area contributed by atoms with Crippen LogP contribution in [-0.2, 0) is 49.1 Å². The van der Waals surface area contributed by atoms with Crippen molar-refractivity contribution in [3.05, 3.63) is 269 Å². The minimum absolute atomic E-state index is 0.0184. The number of fused-ring (bicyclic) bond motifs is 3. The fraction of sp³-hybridized carbons (Fsp3) is 0.132. The molecule has 0 radical (unpaired) electrons. The molecule has 6 aromatic carbocycles. The fourth-order valence-electron chi connectivity index (χ4n) is 9.40. The first kappa shape index (κ1) is 65.5. The summed E-state index contributed by atoms with van der Waals surface area (Å²) in [5.41, 5.74) is 7.65. The lowest BCUT2D eigenvalue weighted by Crippen LogP contribution is -2.23. The molecule has 3 amide bonds. The van der Waals surface area contributed by atoms with Crippen LogP contribution in [0.3, 0.4) is 0 Å². The number of aromatic amines is 1. The maximum Gasteiger partial charge on any atom is 0.253 e. The zero-order valence-corrected chi connectivity index (χ0v) is 53.6. The minimum atomic E-state index is -3.88. The number of rotatable bonds is 18. The molecule has 0 atom stereocenters. The number of nitrogens with one attached hydrogen (secondary N) is 4. The number of H-pyrrole nitrogens is 1. The lowest BCUT2D eigenvalue weighted by atomic mass is 10.2. The molecule has 0 aliphatic rings. The zero-order chi connectivity index (χ0) is 66.0. The molecule has 0 bridgehead atoms. The van der Waals surface area contributed by atoms with Crippen LogP contribution >= 0.6 is 11.6 Å². The lowest BCUT2D eigenvalue weighted by molar-refractivity contribution is 0.0942. The number of carbonyl (C=O) groups excluding carboxylic acids is 3. The number of benzene rings is 6.